The summed E-state index contributed by atoms with van der Waals surface area (Å²) in [6.45, 7) is 5.69. The first-order valence-corrected chi connectivity index (χ1v) is 7.90. The van der Waals surface area contributed by atoms with Gasteiger partial charge in [-0.05, 0) is 50.5 Å². The van der Waals surface area contributed by atoms with Crippen LogP contribution in [0.15, 0.2) is 24.4 Å². The van der Waals surface area contributed by atoms with E-state index in [-0.39, 0.29) is 0 Å². The SMILES string of the molecule is Cc1cnc(NCCCCOc2ccc(Cl)c(C)c2)s1. The molecule has 1 heterocycles. The van der Waals surface area contributed by atoms with Crippen LogP contribution in [0.4, 0.5) is 5.13 Å². The van der Waals surface area contributed by atoms with Crippen molar-refractivity contribution in [2.75, 3.05) is 18.5 Å². The summed E-state index contributed by atoms with van der Waals surface area (Å²) in [5.41, 5.74) is 1.05. The zero-order valence-corrected chi connectivity index (χ0v) is 13.4. The molecule has 0 bridgehead atoms. The molecule has 0 saturated heterocycles. The summed E-state index contributed by atoms with van der Waals surface area (Å²) in [5.74, 6) is 0.885. The lowest BCUT2D eigenvalue weighted by Gasteiger charge is -2.08. The molecule has 0 aliphatic rings. The summed E-state index contributed by atoms with van der Waals surface area (Å²) >= 11 is 7.66. The van der Waals surface area contributed by atoms with Gasteiger partial charge in [0.05, 0.1) is 6.61 Å². The molecule has 2 rings (SSSR count). The molecule has 1 N–H and O–H groups in total. The highest BCUT2D eigenvalue weighted by Crippen LogP contribution is 2.21. The number of benzene rings is 1. The summed E-state index contributed by atoms with van der Waals surface area (Å²) in [5, 5.41) is 5.09. The van der Waals surface area contributed by atoms with Crippen molar-refractivity contribution >= 4 is 28.1 Å². The third-order valence-electron chi connectivity index (χ3n) is 2.87. The van der Waals surface area contributed by atoms with E-state index in [4.69, 9.17) is 16.3 Å². The number of nitrogens with one attached hydrogen (secondary N) is 1. The van der Waals surface area contributed by atoms with E-state index in [1.165, 1.54) is 4.88 Å². The Morgan fingerprint density at radius 2 is 2.15 bits per heavy atom. The maximum Gasteiger partial charge on any atom is 0.182 e. The molecule has 108 valence electrons. The Morgan fingerprint density at radius 3 is 2.85 bits per heavy atom. The molecular weight excluding hydrogens is 292 g/mol. The van der Waals surface area contributed by atoms with Crippen LogP contribution < -0.4 is 10.1 Å². The molecule has 0 amide bonds. The minimum atomic E-state index is 0.722. The molecule has 1 aromatic heterocycles. The predicted octanol–water partition coefficient (Wildman–Crippen LogP) is 4.68. The van der Waals surface area contributed by atoms with Gasteiger partial charge in [0.1, 0.15) is 5.75 Å². The zero-order chi connectivity index (χ0) is 14.4. The Bertz CT molecular complexity index is 557. The van der Waals surface area contributed by atoms with E-state index < -0.39 is 0 Å². The van der Waals surface area contributed by atoms with Gasteiger partial charge in [-0.25, -0.2) is 4.98 Å². The lowest BCUT2D eigenvalue weighted by molar-refractivity contribution is 0.308. The van der Waals surface area contributed by atoms with Crippen molar-refractivity contribution in [2.45, 2.75) is 26.7 Å². The second-order valence-electron chi connectivity index (χ2n) is 4.67. The Hall–Kier alpha value is -1.26. The Balaban J connectivity index is 1.60. The number of hydrogen-bond donors (Lipinski definition) is 1. The van der Waals surface area contributed by atoms with Crippen LogP contribution in [0.25, 0.3) is 0 Å². The minimum Gasteiger partial charge on any atom is -0.494 e. The van der Waals surface area contributed by atoms with E-state index in [1.54, 1.807) is 11.3 Å². The molecule has 0 spiro atoms. The average Bonchev–Trinajstić information content (AvgIpc) is 2.83. The fourth-order valence-corrected chi connectivity index (χ4v) is 2.56. The highest BCUT2D eigenvalue weighted by Gasteiger charge is 1.99. The summed E-state index contributed by atoms with van der Waals surface area (Å²) in [6.07, 6.45) is 3.96. The number of unbranched alkanes of at least 4 members (excludes halogenated alkanes) is 1. The third-order valence-corrected chi connectivity index (χ3v) is 4.16. The lowest BCUT2D eigenvalue weighted by atomic mass is 10.2. The number of halogens is 1. The summed E-state index contributed by atoms with van der Waals surface area (Å²) in [6, 6.07) is 5.75. The molecule has 0 radical (unpaired) electrons. The van der Waals surface area contributed by atoms with Gasteiger partial charge in [-0.1, -0.05) is 11.6 Å². The number of ether oxygens (including phenoxy) is 1. The smallest absolute Gasteiger partial charge is 0.182 e. The van der Waals surface area contributed by atoms with E-state index in [1.807, 2.05) is 31.3 Å². The van der Waals surface area contributed by atoms with Gasteiger partial charge in [-0.2, -0.15) is 0 Å². The molecule has 0 unspecified atom stereocenters. The normalized spacial score (nSPS) is 10.6. The highest BCUT2D eigenvalue weighted by atomic mass is 35.5. The molecule has 0 aliphatic carbocycles. The summed E-state index contributed by atoms with van der Waals surface area (Å²) in [7, 11) is 0. The van der Waals surface area contributed by atoms with Crippen LogP contribution in [0.3, 0.4) is 0 Å². The number of hydrogen-bond acceptors (Lipinski definition) is 4. The van der Waals surface area contributed by atoms with Crippen LogP contribution >= 0.6 is 22.9 Å². The van der Waals surface area contributed by atoms with Crippen molar-refractivity contribution in [3.8, 4) is 5.75 Å². The van der Waals surface area contributed by atoms with E-state index in [0.29, 0.717) is 0 Å². The first-order valence-electron chi connectivity index (χ1n) is 6.70. The van der Waals surface area contributed by atoms with Crippen LogP contribution in [-0.2, 0) is 0 Å². The van der Waals surface area contributed by atoms with E-state index >= 15 is 0 Å². The molecule has 3 nitrogen and oxygen atoms in total. The van der Waals surface area contributed by atoms with E-state index in [2.05, 4.69) is 17.2 Å². The summed E-state index contributed by atoms with van der Waals surface area (Å²) < 4.78 is 5.70. The lowest BCUT2D eigenvalue weighted by Crippen LogP contribution is -2.04. The molecule has 0 aliphatic heterocycles. The molecule has 0 fully saturated rings. The van der Waals surface area contributed by atoms with Gasteiger partial charge in [0, 0.05) is 22.6 Å². The quantitative estimate of drug-likeness (QED) is 0.754. The summed E-state index contributed by atoms with van der Waals surface area (Å²) in [4.78, 5) is 5.49. The standard InChI is InChI=1S/C15H19ClN2OS/c1-11-9-13(5-6-14(11)16)19-8-4-3-7-17-15-18-10-12(2)20-15/h5-6,9-10H,3-4,7-8H2,1-2H3,(H,17,18). The third kappa shape index (κ3) is 4.69. The molecule has 5 heteroatoms. The maximum atomic E-state index is 5.97. The zero-order valence-electron chi connectivity index (χ0n) is 11.8. The number of aromatic nitrogens is 1. The van der Waals surface area contributed by atoms with Crippen LogP contribution in [0.1, 0.15) is 23.3 Å². The highest BCUT2D eigenvalue weighted by molar-refractivity contribution is 7.15. The Kier molecular flexibility index (Phi) is 5.68. The van der Waals surface area contributed by atoms with Crippen molar-refractivity contribution in [2.24, 2.45) is 0 Å². The average molecular weight is 311 g/mol. The molecule has 1 aromatic carbocycles. The van der Waals surface area contributed by atoms with Gasteiger partial charge in [0.15, 0.2) is 5.13 Å². The first kappa shape index (κ1) is 15.1. The number of nitrogens with zero attached hydrogens (tertiary/aromatic N) is 1. The molecule has 0 saturated carbocycles. The molecule has 20 heavy (non-hydrogen) atoms. The van der Waals surface area contributed by atoms with Crippen LogP contribution in [0.5, 0.6) is 5.75 Å². The Labute approximate surface area is 129 Å². The van der Waals surface area contributed by atoms with Gasteiger partial charge >= 0.3 is 0 Å². The van der Waals surface area contributed by atoms with Crippen molar-refractivity contribution in [1.29, 1.82) is 0 Å². The number of anilines is 1. The monoisotopic (exact) mass is 310 g/mol. The number of aryl methyl sites for hydroxylation is 2. The Morgan fingerprint density at radius 1 is 1.30 bits per heavy atom. The fourth-order valence-electron chi connectivity index (χ4n) is 1.76. The maximum absolute atomic E-state index is 5.97. The topological polar surface area (TPSA) is 34.2 Å². The second kappa shape index (κ2) is 7.50. The van der Waals surface area contributed by atoms with Crippen LogP contribution in [0.2, 0.25) is 5.02 Å². The largest absolute Gasteiger partial charge is 0.494 e. The van der Waals surface area contributed by atoms with Crippen molar-refractivity contribution in [3.05, 3.63) is 39.9 Å². The van der Waals surface area contributed by atoms with Crippen LogP contribution in [-0.4, -0.2) is 18.1 Å². The first-order chi connectivity index (χ1) is 9.65. The minimum absolute atomic E-state index is 0.722. The fraction of sp³-hybridized carbons (Fsp3) is 0.400. The van der Waals surface area contributed by atoms with Gasteiger partial charge in [-0.3, -0.25) is 0 Å². The molecule has 0 atom stereocenters. The van der Waals surface area contributed by atoms with Crippen molar-refractivity contribution in [3.63, 3.8) is 0 Å². The number of thiazole rings is 1. The molecular formula is C15H19ClN2OS. The number of rotatable bonds is 7. The molecule has 2 aromatic rings. The van der Waals surface area contributed by atoms with Gasteiger partial charge in [-0.15, -0.1) is 11.3 Å². The van der Waals surface area contributed by atoms with E-state index in [9.17, 15) is 0 Å². The second-order valence-corrected chi connectivity index (χ2v) is 6.31. The predicted molar refractivity (Wildman–Crippen MR) is 86.3 cm³/mol. The van der Waals surface area contributed by atoms with Crippen molar-refractivity contribution < 1.29 is 4.74 Å². The van der Waals surface area contributed by atoms with Gasteiger partial charge < -0.3 is 10.1 Å². The van der Waals surface area contributed by atoms with Gasteiger partial charge in [0.25, 0.3) is 0 Å². The van der Waals surface area contributed by atoms with E-state index in [0.717, 1.165) is 47.5 Å². The van der Waals surface area contributed by atoms with Crippen molar-refractivity contribution in [1.82, 2.24) is 4.98 Å². The van der Waals surface area contributed by atoms with Gasteiger partial charge in [0.2, 0.25) is 0 Å². The van der Waals surface area contributed by atoms with Crippen LogP contribution in [0, 0.1) is 13.8 Å².